The second kappa shape index (κ2) is 9.14. The Morgan fingerprint density at radius 2 is 2.00 bits per heavy atom. The minimum Gasteiger partial charge on any atom is -0.494 e. The van der Waals surface area contributed by atoms with E-state index in [0.29, 0.717) is 40.1 Å². The molecule has 3 rings (SSSR count). The molecule has 7 nitrogen and oxygen atoms in total. The summed E-state index contributed by atoms with van der Waals surface area (Å²) >= 11 is 6.08. The van der Waals surface area contributed by atoms with Crippen molar-refractivity contribution in [2.45, 2.75) is 6.92 Å². The number of benzene rings is 2. The normalized spacial score (nSPS) is 12.1. The topological polar surface area (TPSA) is 83.1 Å². The molecule has 1 aliphatic heterocycles. The van der Waals surface area contributed by atoms with Crippen LogP contribution in [-0.4, -0.2) is 31.9 Å². The van der Waals surface area contributed by atoms with Gasteiger partial charge >= 0.3 is 5.97 Å². The van der Waals surface area contributed by atoms with Gasteiger partial charge in [-0.2, -0.15) is 0 Å². The van der Waals surface area contributed by atoms with Crippen LogP contribution in [0, 0.1) is 0 Å². The van der Waals surface area contributed by atoms with E-state index in [0.717, 1.165) is 0 Å². The van der Waals surface area contributed by atoms with Gasteiger partial charge in [0.15, 0.2) is 18.1 Å². The van der Waals surface area contributed by atoms with Crippen LogP contribution in [0.25, 0.3) is 6.08 Å². The van der Waals surface area contributed by atoms with E-state index in [2.05, 4.69) is 5.32 Å². The fraction of sp³-hybridized carbons (Fsp3) is 0.200. The Labute approximate surface area is 166 Å². The summed E-state index contributed by atoms with van der Waals surface area (Å²) in [6.07, 6.45) is 2.72. The molecule has 0 spiro atoms. The third-order valence-electron chi connectivity index (χ3n) is 3.66. The van der Waals surface area contributed by atoms with Crippen LogP contribution in [0.5, 0.6) is 17.2 Å². The molecule has 1 heterocycles. The first-order valence-electron chi connectivity index (χ1n) is 8.52. The summed E-state index contributed by atoms with van der Waals surface area (Å²) in [7, 11) is 0. The average molecular weight is 404 g/mol. The second-order valence-corrected chi connectivity index (χ2v) is 6.09. The van der Waals surface area contributed by atoms with E-state index in [1.54, 1.807) is 36.4 Å². The van der Waals surface area contributed by atoms with E-state index in [-0.39, 0.29) is 6.79 Å². The van der Waals surface area contributed by atoms with Crippen molar-refractivity contribution in [3.05, 3.63) is 53.1 Å². The van der Waals surface area contributed by atoms with E-state index in [1.165, 1.54) is 12.2 Å². The molecule has 2 aromatic rings. The van der Waals surface area contributed by atoms with Crippen LogP contribution >= 0.6 is 11.6 Å². The van der Waals surface area contributed by atoms with Crippen LogP contribution in [0.15, 0.2) is 42.5 Å². The molecule has 8 heteroatoms. The smallest absolute Gasteiger partial charge is 0.331 e. The first kappa shape index (κ1) is 19.6. The van der Waals surface area contributed by atoms with Crippen LogP contribution in [-0.2, 0) is 14.3 Å². The van der Waals surface area contributed by atoms with Gasteiger partial charge in [0.2, 0.25) is 6.79 Å². The molecule has 0 aromatic heterocycles. The van der Waals surface area contributed by atoms with Crippen LogP contribution in [0.4, 0.5) is 5.69 Å². The molecule has 0 radical (unpaired) electrons. The molecule has 0 fully saturated rings. The maximum Gasteiger partial charge on any atom is 0.331 e. The third-order valence-corrected chi connectivity index (χ3v) is 3.94. The van der Waals surface area contributed by atoms with Crippen LogP contribution in [0.2, 0.25) is 5.02 Å². The molecule has 2 aromatic carbocycles. The summed E-state index contributed by atoms with van der Waals surface area (Å²) in [5.41, 5.74) is 1.22. The lowest BCUT2D eigenvalue weighted by Crippen LogP contribution is -2.20. The highest BCUT2D eigenvalue weighted by Gasteiger charge is 2.17. The van der Waals surface area contributed by atoms with Crippen molar-refractivity contribution in [3.63, 3.8) is 0 Å². The van der Waals surface area contributed by atoms with Crippen molar-refractivity contribution in [1.29, 1.82) is 0 Å². The average Bonchev–Trinajstić information content (AvgIpc) is 3.16. The summed E-state index contributed by atoms with van der Waals surface area (Å²) < 4.78 is 20.7. The fourth-order valence-corrected chi connectivity index (χ4v) is 2.70. The van der Waals surface area contributed by atoms with Gasteiger partial charge in [0.05, 0.1) is 11.6 Å². The molecule has 0 bridgehead atoms. The number of carbonyl (C=O) groups is 2. The van der Waals surface area contributed by atoms with Crippen molar-refractivity contribution in [2.24, 2.45) is 0 Å². The predicted octanol–water partition coefficient (Wildman–Crippen LogP) is 3.66. The minimum absolute atomic E-state index is 0.105. The Hall–Kier alpha value is -3.19. The van der Waals surface area contributed by atoms with Gasteiger partial charge in [-0.3, -0.25) is 4.79 Å². The Morgan fingerprint density at radius 1 is 1.21 bits per heavy atom. The molecule has 0 saturated heterocycles. The van der Waals surface area contributed by atoms with Gasteiger partial charge in [-0.1, -0.05) is 11.6 Å². The number of halogens is 1. The molecule has 0 aliphatic carbocycles. The van der Waals surface area contributed by atoms with Crippen LogP contribution < -0.4 is 19.5 Å². The number of anilines is 1. The maximum absolute atomic E-state index is 11.9. The zero-order chi connectivity index (χ0) is 19.9. The summed E-state index contributed by atoms with van der Waals surface area (Å²) in [5, 5.41) is 3.02. The number of carbonyl (C=O) groups excluding carboxylic acids is 2. The minimum atomic E-state index is -0.657. The highest BCUT2D eigenvalue weighted by atomic mass is 35.5. The summed E-state index contributed by atoms with van der Waals surface area (Å²) in [6.45, 7) is 2.15. The summed E-state index contributed by atoms with van der Waals surface area (Å²) in [4.78, 5) is 23.7. The van der Waals surface area contributed by atoms with Crippen molar-refractivity contribution in [3.8, 4) is 17.2 Å². The first-order chi connectivity index (χ1) is 13.5. The Bertz CT molecular complexity index is 894. The number of hydrogen-bond donors (Lipinski definition) is 1. The van der Waals surface area contributed by atoms with Crippen molar-refractivity contribution >= 4 is 35.2 Å². The van der Waals surface area contributed by atoms with Crippen molar-refractivity contribution < 1.29 is 28.5 Å². The molecule has 28 heavy (non-hydrogen) atoms. The molecule has 1 aliphatic rings. The van der Waals surface area contributed by atoms with Gasteiger partial charge in [-0.05, 0) is 55.0 Å². The molecule has 0 atom stereocenters. The molecular formula is C20H18ClNO6. The third kappa shape index (κ3) is 5.17. The zero-order valence-corrected chi connectivity index (χ0v) is 15.8. The standard InChI is InChI=1S/C20H18ClNO6/c1-2-25-15-6-4-14(5-7-15)22-18(23)11-26-19(24)8-3-13-9-16(21)20-17(10-13)27-12-28-20/h3-10H,2,11-12H2,1H3,(H,22,23)/b8-3+. The van der Waals surface area contributed by atoms with Crippen molar-refractivity contribution in [2.75, 3.05) is 25.3 Å². The van der Waals surface area contributed by atoms with Crippen LogP contribution in [0.3, 0.4) is 0 Å². The Balaban J connectivity index is 1.48. The number of rotatable bonds is 7. The predicted molar refractivity (Wildman–Crippen MR) is 104 cm³/mol. The van der Waals surface area contributed by atoms with E-state index in [1.807, 2.05) is 6.92 Å². The zero-order valence-electron chi connectivity index (χ0n) is 15.1. The maximum atomic E-state index is 11.9. The number of fused-ring (bicyclic) bond motifs is 1. The highest BCUT2D eigenvalue weighted by Crippen LogP contribution is 2.40. The molecular weight excluding hydrogens is 386 g/mol. The number of hydrogen-bond acceptors (Lipinski definition) is 6. The van der Waals surface area contributed by atoms with Crippen molar-refractivity contribution in [1.82, 2.24) is 0 Å². The number of nitrogens with one attached hydrogen (secondary N) is 1. The number of esters is 1. The highest BCUT2D eigenvalue weighted by molar-refractivity contribution is 6.32. The lowest BCUT2D eigenvalue weighted by molar-refractivity contribution is -0.142. The lowest BCUT2D eigenvalue weighted by Gasteiger charge is -2.07. The van der Waals surface area contributed by atoms with Gasteiger partial charge in [0, 0.05) is 11.8 Å². The SMILES string of the molecule is CCOc1ccc(NC(=O)COC(=O)/C=C/c2cc(Cl)c3c(c2)OCO3)cc1. The molecule has 0 saturated carbocycles. The van der Waals surface area contributed by atoms with E-state index >= 15 is 0 Å². The summed E-state index contributed by atoms with van der Waals surface area (Å²) in [6, 6.07) is 10.2. The lowest BCUT2D eigenvalue weighted by atomic mass is 10.2. The number of amides is 1. The summed E-state index contributed by atoms with van der Waals surface area (Å²) in [5.74, 6) is 0.593. The van der Waals surface area contributed by atoms with E-state index in [9.17, 15) is 9.59 Å². The van der Waals surface area contributed by atoms with Gasteiger partial charge in [0.1, 0.15) is 5.75 Å². The van der Waals surface area contributed by atoms with E-state index < -0.39 is 18.5 Å². The molecule has 1 amide bonds. The van der Waals surface area contributed by atoms with Crippen LogP contribution in [0.1, 0.15) is 12.5 Å². The molecule has 0 unspecified atom stereocenters. The quantitative estimate of drug-likeness (QED) is 0.561. The van der Waals surface area contributed by atoms with Gasteiger partial charge in [0.25, 0.3) is 5.91 Å². The molecule has 146 valence electrons. The molecule has 1 N–H and O–H groups in total. The monoisotopic (exact) mass is 403 g/mol. The van der Waals surface area contributed by atoms with Gasteiger partial charge in [-0.15, -0.1) is 0 Å². The number of ether oxygens (including phenoxy) is 4. The second-order valence-electron chi connectivity index (χ2n) is 5.68. The van der Waals surface area contributed by atoms with Gasteiger partial charge < -0.3 is 24.3 Å². The van der Waals surface area contributed by atoms with E-state index in [4.69, 9.17) is 30.5 Å². The Kier molecular flexibility index (Phi) is 6.39. The first-order valence-corrected chi connectivity index (χ1v) is 8.89. The fourth-order valence-electron chi connectivity index (χ4n) is 2.43. The van der Waals surface area contributed by atoms with Gasteiger partial charge in [-0.25, -0.2) is 4.79 Å². The Morgan fingerprint density at radius 3 is 2.75 bits per heavy atom. The largest absolute Gasteiger partial charge is 0.494 e.